The normalized spacial score (nSPS) is 10.7. The molecule has 4 aromatic rings. The summed E-state index contributed by atoms with van der Waals surface area (Å²) >= 11 is 0. The maximum Gasteiger partial charge on any atom is 0.291 e. The summed E-state index contributed by atoms with van der Waals surface area (Å²) in [7, 11) is 0. The number of carbonyl (C=O) groups excluding carboxylic acids is 2. The molecule has 7 nitrogen and oxygen atoms in total. The summed E-state index contributed by atoms with van der Waals surface area (Å²) in [6, 6.07) is 13.7. The van der Waals surface area contributed by atoms with E-state index in [1.807, 2.05) is 0 Å². The zero-order valence-corrected chi connectivity index (χ0v) is 17.3. The molecule has 0 aliphatic heterocycles. The predicted molar refractivity (Wildman–Crippen MR) is 115 cm³/mol. The first-order chi connectivity index (χ1) is 16.0. The van der Waals surface area contributed by atoms with Crippen molar-refractivity contribution in [2.45, 2.75) is 19.4 Å². The molecule has 2 heterocycles. The lowest BCUT2D eigenvalue weighted by molar-refractivity contribution is -0.121. The van der Waals surface area contributed by atoms with Gasteiger partial charge in [0.2, 0.25) is 5.91 Å². The van der Waals surface area contributed by atoms with Crippen molar-refractivity contribution in [2.24, 2.45) is 0 Å². The summed E-state index contributed by atoms with van der Waals surface area (Å²) in [5.41, 5.74) is 1.15. The third-order valence-electron chi connectivity index (χ3n) is 4.78. The monoisotopic (exact) mass is 451 g/mol. The minimum atomic E-state index is -0.748. The molecule has 2 amide bonds. The van der Waals surface area contributed by atoms with Gasteiger partial charge in [-0.2, -0.15) is 0 Å². The Bertz CT molecular complexity index is 1230. The molecule has 0 fully saturated rings. The Balaban J connectivity index is 1.25. The maximum atomic E-state index is 13.9. The van der Waals surface area contributed by atoms with Gasteiger partial charge in [0.25, 0.3) is 5.91 Å². The highest BCUT2D eigenvalue weighted by Gasteiger charge is 2.16. The summed E-state index contributed by atoms with van der Waals surface area (Å²) < 4.78 is 38.2. The van der Waals surface area contributed by atoms with E-state index in [2.05, 4.69) is 15.6 Å². The van der Waals surface area contributed by atoms with E-state index in [1.54, 1.807) is 36.4 Å². The molecule has 0 atom stereocenters. The van der Waals surface area contributed by atoms with Gasteiger partial charge in [0.05, 0.1) is 18.0 Å². The van der Waals surface area contributed by atoms with Gasteiger partial charge in [-0.3, -0.25) is 9.59 Å². The van der Waals surface area contributed by atoms with E-state index in [0.717, 1.165) is 17.7 Å². The van der Waals surface area contributed by atoms with E-state index in [4.69, 9.17) is 8.83 Å². The molecule has 0 unspecified atom stereocenters. The third-order valence-corrected chi connectivity index (χ3v) is 4.78. The van der Waals surface area contributed by atoms with Gasteiger partial charge in [0.15, 0.2) is 17.4 Å². The van der Waals surface area contributed by atoms with Crippen molar-refractivity contribution in [1.82, 2.24) is 10.3 Å². The lowest BCUT2D eigenvalue weighted by atomic mass is 10.1. The van der Waals surface area contributed by atoms with Crippen LogP contribution in [0.15, 0.2) is 75.9 Å². The Morgan fingerprint density at radius 1 is 0.970 bits per heavy atom. The number of carbonyl (C=O) groups is 2. The number of aryl methyl sites for hydroxylation is 1. The van der Waals surface area contributed by atoms with Crippen LogP contribution in [0.1, 0.15) is 28.4 Å². The fraction of sp³-hybridized carbons (Fsp3) is 0.125. The second-order valence-corrected chi connectivity index (χ2v) is 7.12. The molecule has 0 saturated carbocycles. The summed E-state index contributed by atoms with van der Waals surface area (Å²) in [4.78, 5) is 28.1. The summed E-state index contributed by atoms with van der Waals surface area (Å²) in [6.07, 6.45) is 2.93. The Kier molecular flexibility index (Phi) is 6.58. The van der Waals surface area contributed by atoms with Crippen LogP contribution in [0.5, 0.6) is 0 Å². The van der Waals surface area contributed by atoms with Crippen LogP contribution in [0.2, 0.25) is 0 Å². The van der Waals surface area contributed by atoms with Crippen molar-refractivity contribution in [2.75, 3.05) is 5.32 Å². The maximum absolute atomic E-state index is 13.9. The molecule has 0 spiro atoms. The topological polar surface area (TPSA) is 97.4 Å². The van der Waals surface area contributed by atoms with E-state index in [-0.39, 0.29) is 47.6 Å². The predicted octanol–water partition coefficient (Wildman–Crippen LogP) is 4.71. The Labute approximate surface area is 187 Å². The molecule has 0 saturated heterocycles. The van der Waals surface area contributed by atoms with Crippen LogP contribution in [-0.4, -0.2) is 16.8 Å². The van der Waals surface area contributed by atoms with Gasteiger partial charge in [-0.1, -0.05) is 18.2 Å². The Morgan fingerprint density at radius 2 is 1.73 bits per heavy atom. The smallest absolute Gasteiger partial charge is 0.291 e. The molecule has 0 aliphatic rings. The van der Waals surface area contributed by atoms with Crippen molar-refractivity contribution in [3.05, 3.63) is 95.9 Å². The summed E-state index contributed by atoms with van der Waals surface area (Å²) in [5, 5.41) is 5.49. The largest absolute Gasteiger partial charge is 0.459 e. The first-order valence-corrected chi connectivity index (χ1v) is 10.1. The molecule has 0 bridgehead atoms. The quantitative estimate of drug-likeness (QED) is 0.404. The van der Waals surface area contributed by atoms with Crippen LogP contribution in [0.25, 0.3) is 11.3 Å². The number of benzene rings is 2. The molecule has 2 N–H and O–H groups in total. The van der Waals surface area contributed by atoms with Crippen LogP contribution in [0.4, 0.5) is 14.5 Å². The van der Waals surface area contributed by atoms with E-state index in [9.17, 15) is 18.4 Å². The second kappa shape index (κ2) is 9.90. The van der Waals surface area contributed by atoms with Crippen molar-refractivity contribution < 1.29 is 27.2 Å². The Morgan fingerprint density at radius 3 is 2.42 bits per heavy atom. The zero-order chi connectivity index (χ0) is 23.2. The van der Waals surface area contributed by atoms with Crippen LogP contribution < -0.4 is 10.6 Å². The van der Waals surface area contributed by atoms with Gasteiger partial charge >= 0.3 is 0 Å². The van der Waals surface area contributed by atoms with E-state index in [1.165, 1.54) is 18.5 Å². The number of anilines is 1. The van der Waals surface area contributed by atoms with Crippen molar-refractivity contribution in [3.8, 4) is 11.3 Å². The van der Waals surface area contributed by atoms with Gasteiger partial charge in [-0.25, -0.2) is 13.8 Å². The average molecular weight is 451 g/mol. The second-order valence-electron chi connectivity index (χ2n) is 7.12. The first kappa shape index (κ1) is 21.9. The van der Waals surface area contributed by atoms with Gasteiger partial charge < -0.3 is 19.5 Å². The van der Waals surface area contributed by atoms with Crippen molar-refractivity contribution >= 4 is 17.5 Å². The average Bonchev–Trinajstić information content (AvgIpc) is 3.50. The minimum absolute atomic E-state index is 0.0276. The standard InChI is InChI=1S/C24H19F2N3O4/c25-17-3-1-4-18(26)23(17)20-14-28-22(33-20)11-10-21(30)27-13-15-6-8-16(9-7-15)29-24(31)19-5-2-12-32-19/h1-9,12,14H,10-11,13H2,(H,27,30)(H,29,31). The number of nitrogens with one attached hydrogen (secondary N) is 2. The van der Waals surface area contributed by atoms with Crippen molar-refractivity contribution in [3.63, 3.8) is 0 Å². The van der Waals surface area contributed by atoms with Crippen LogP contribution >= 0.6 is 0 Å². The number of amides is 2. The molecule has 168 valence electrons. The number of rotatable bonds is 8. The van der Waals surface area contributed by atoms with Gasteiger partial charge in [0, 0.05) is 25.1 Å². The molecular formula is C24H19F2N3O4. The summed E-state index contributed by atoms with van der Waals surface area (Å²) in [5.74, 6) is -1.69. The minimum Gasteiger partial charge on any atom is -0.459 e. The lowest BCUT2D eigenvalue weighted by Gasteiger charge is -2.07. The molecule has 2 aromatic heterocycles. The molecule has 0 aliphatic carbocycles. The van der Waals surface area contributed by atoms with Gasteiger partial charge in [0.1, 0.15) is 11.6 Å². The number of nitrogens with zero attached hydrogens (tertiary/aromatic N) is 1. The SMILES string of the molecule is O=C(CCc1ncc(-c2c(F)cccc2F)o1)NCc1ccc(NC(=O)c2ccco2)cc1. The zero-order valence-electron chi connectivity index (χ0n) is 17.3. The lowest BCUT2D eigenvalue weighted by Crippen LogP contribution is -2.23. The Hall–Kier alpha value is -4.27. The fourth-order valence-electron chi connectivity index (χ4n) is 3.09. The van der Waals surface area contributed by atoms with Crippen LogP contribution in [-0.2, 0) is 17.8 Å². The number of hydrogen-bond donors (Lipinski definition) is 2. The molecule has 9 heteroatoms. The number of halogens is 2. The van der Waals surface area contributed by atoms with E-state index >= 15 is 0 Å². The fourth-order valence-corrected chi connectivity index (χ4v) is 3.09. The first-order valence-electron chi connectivity index (χ1n) is 10.1. The van der Waals surface area contributed by atoms with Gasteiger partial charge in [-0.15, -0.1) is 0 Å². The third kappa shape index (κ3) is 5.51. The number of oxazole rings is 1. The summed E-state index contributed by atoms with van der Waals surface area (Å²) in [6.45, 7) is 0.294. The molecular weight excluding hydrogens is 432 g/mol. The number of aromatic nitrogens is 1. The highest BCUT2D eigenvalue weighted by Crippen LogP contribution is 2.26. The molecule has 33 heavy (non-hydrogen) atoms. The highest BCUT2D eigenvalue weighted by atomic mass is 19.1. The number of hydrogen-bond acceptors (Lipinski definition) is 5. The highest BCUT2D eigenvalue weighted by molar-refractivity contribution is 6.02. The molecule has 4 rings (SSSR count). The molecule has 2 aromatic carbocycles. The molecule has 0 radical (unpaired) electrons. The van der Waals surface area contributed by atoms with Gasteiger partial charge in [-0.05, 0) is 42.0 Å². The van der Waals surface area contributed by atoms with E-state index < -0.39 is 11.6 Å². The van der Waals surface area contributed by atoms with Crippen molar-refractivity contribution in [1.29, 1.82) is 0 Å². The number of furan rings is 1. The van der Waals surface area contributed by atoms with Crippen LogP contribution in [0, 0.1) is 11.6 Å². The van der Waals surface area contributed by atoms with E-state index in [0.29, 0.717) is 12.2 Å². The van der Waals surface area contributed by atoms with Crippen LogP contribution in [0.3, 0.4) is 0 Å².